The van der Waals surface area contributed by atoms with Crippen LogP contribution in [0.2, 0.25) is 5.15 Å². The molecule has 2 atom stereocenters. The minimum atomic E-state index is -3.40. The van der Waals surface area contributed by atoms with Gasteiger partial charge in [0.1, 0.15) is 5.15 Å². The van der Waals surface area contributed by atoms with Crippen LogP contribution in [-0.4, -0.2) is 25.8 Å². The number of nitrogens with zero attached hydrogens (tertiary/aromatic N) is 1. The van der Waals surface area contributed by atoms with E-state index in [9.17, 15) is 8.42 Å². The van der Waals surface area contributed by atoms with Crippen LogP contribution in [0.15, 0.2) is 18.3 Å². The normalized spacial score (nSPS) is 25.1. The fourth-order valence-corrected chi connectivity index (χ4v) is 3.04. The van der Waals surface area contributed by atoms with Crippen LogP contribution >= 0.6 is 11.6 Å². The molecule has 94 valence electrons. The second-order valence-corrected chi connectivity index (χ2v) is 6.28. The summed E-state index contributed by atoms with van der Waals surface area (Å²) in [6.07, 6.45) is 5.16. The fourth-order valence-electron chi connectivity index (χ4n) is 2.25. The molecule has 0 saturated heterocycles. The lowest BCUT2D eigenvalue weighted by Crippen LogP contribution is -2.20. The highest BCUT2D eigenvalue weighted by Crippen LogP contribution is 2.37. The van der Waals surface area contributed by atoms with Crippen LogP contribution in [0.1, 0.15) is 30.7 Å². The van der Waals surface area contributed by atoms with Gasteiger partial charge in [-0.25, -0.2) is 4.98 Å². The minimum absolute atomic E-state index is 0.0921. The molecule has 0 N–H and O–H groups in total. The van der Waals surface area contributed by atoms with Gasteiger partial charge in [-0.3, -0.25) is 4.18 Å². The van der Waals surface area contributed by atoms with E-state index in [0.717, 1.165) is 31.1 Å². The molecule has 0 aliphatic heterocycles. The Balaban J connectivity index is 2.17. The molecule has 0 amide bonds. The zero-order chi connectivity index (χ0) is 12.5. The first-order valence-electron chi connectivity index (χ1n) is 5.45. The van der Waals surface area contributed by atoms with Gasteiger partial charge < -0.3 is 0 Å². The SMILES string of the molecule is CS(=O)(=O)OC1CCC[C@@H]1c1ccc(Cl)nc1. The van der Waals surface area contributed by atoms with E-state index in [1.54, 1.807) is 12.3 Å². The second-order valence-electron chi connectivity index (χ2n) is 4.29. The maximum atomic E-state index is 11.2. The Hall–Kier alpha value is -0.650. The van der Waals surface area contributed by atoms with Crippen molar-refractivity contribution in [3.63, 3.8) is 0 Å². The number of hydrogen-bond donors (Lipinski definition) is 0. The van der Waals surface area contributed by atoms with Crippen LogP contribution in [0.3, 0.4) is 0 Å². The first kappa shape index (κ1) is 12.8. The first-order chi connectivity index (χ1) is 7.96. The second kappa shape index (κ2) is 4.92. The maximum Gasteiger partial charge on any atom is 0.264 e. The molecule has 2 rings (SSSR count). The molecule has 17 heavy (non-hydrogen) atoms. The lowest BCUT2D eigenvalue weighted by atomic mass is 9.98. The van der Waals surface area contributed by atoms with Crippen molar-refractivity contribution in [2.75, 3.05) is 6.26 Å². The molecule has 4 nitrogen and oxygen atoms in total. The van der Waals surface area contributed by atoms with Gasteiger partial charge >= 0.3 is 0 Å². The lowest BCUT2D eigenvalue weighted by Gasteiger charge is -2.18. The number of pyridine rings is 1. The van der Waals surface area contributed by atoms with Crippen molar-refractivity contribution in [3.05, 3.63) is 29.0 Å². The van der Waals surface area contributed by atoms with Gasteiger partial charge in [0, 0.05) is 12.1 Å². The monoisotopic (exact) mass is 275 g/mol. The van der Waals surface area contributed by atoms with E-state index in [1.807, 2.05) is 6.07 Å². The quantitative estimate of drug-likeness (QED) is 0.628. The van der Waals surface area contributed by atoms with E-state index in [-0.39, 0.29) is 12.0 Å². The molecule has 1 fully saturated rings. The smallest absolute Gasteiger partial charge is 0.264 e. The van der Waals surface area contributed by atoms with Gasteiger partial charge in [-0.1, -0.05) is 24.1 Å². The van der Waals surface area contributed by atoms with Gasteiger partial charge in [-0.05, 0) is 24.5 Å². The van der Waals surface area contributed by atoms with Gasteiger partial charge in [0.25, 0.3) is 10.1 Å². The molecule has 0 bridgehead atoms. The summed E-state index contributed by atoms with van der Waals surface area (Å²) in [7, 11) is -3.40. The van der Waals surface area contributed by atoms with E-state index in [4.69, 9.17) is 15.8 Å². The number of halogens is 1. The van der Waals surface area contributed by atoms with Crippen molar-refractivity contribution >= 4 is 21.7 Å². The first-order valence-corrected chi connectivity index (χ1v) is 7.65. The Morgan fingerprint density at radius 3 is 2.76 bits per heavy atom. The van der Waals surface area contributed by atoms with Crippen LogP contribution in [0.25, 0.3) is 0 Å². The van der Waals surface area contributed by atoms with Crippen molar-refractivity contribution in [1.29, 1.82) is 0 Å². The Kier molecular flexibility index (Phi) is 3.70. The van der Waals surface area contributed by atoms with Crippen LogP contribution in [0, 0.1) is 0 Å². The molecule has 0 spiro atoms. The summed E-state index contributed by atoms with van der Waals surface area (Å²) in [5.41, 5.74) is 0.987. The standard InChI is InChI=1S/C11H14ClNO3S/c1-17(14,15)16-10-4-2-3-9(10)8-5-6-11(12)13-7-8/h5-7,9-10H,2-4H2,1H3/t9-,10?/m1/s1. The average molecular weight is 276 g/mol. The van der Waals surface area contributed by atoms with Crippen molar-refractivity contribution in [1.82, 2.24) is 4.98 Å². The minimum Gasteiger partial charge on any atom is -0.266 e. The summed E-state index contributed by atoms with van der Waals surface area (Å²) in [4.78, 5) is 4.02. The molecular weight excluding hydrogens is 262 g/mol. The molecule has 0 radical (unpaired) electrons. The fraction of sp³-hybridized carbons (Fsp3) is 0.545. The van der Waals surface area contributed by atoms with Crippen molar-refractivity contribution in [2.24, 2.45) is 0 Å². The Morgan fingerprint density at radius 1 is 1.41 bits per heavy atom. The molecular formula is C11H14ClNO3S. The summed E-state index contributed by atoms with van der Waals surface area (Å²) >= 11 is 5.72. The molecule has 1 heterocycles. The highest BCUT2D eigenvalue weighted by Gasteiger charge is 2.32. The lowest BCUT2D eigenvalue weighted by molar-refractivity contribution is 0.200. The molecule has 1 aromatic rings. The topological polar surface area (TPSA) is 56.3 Å². The van der Waals surface area contributed by atoms with E-state index >= 15 is 0 Å². The molecule has 6 heteroatoms. The zero-order valence-corrected chi connectivity index (χ0v) is 11.0. The van der Waals surface area contributed by atoms with Crippen LogP contribution in [0.5, 0.6) is 0 Å². The summed E-state index contributed by atoms with van der Waals surface area (Å²) < 4.78 is 27.4. The van der Waals surface area contributed by atoms with Crippen LogP contribution < -0.4 is 0 Å². The Morgan fingerprint density at radius 2 is 2.18 bits per heavy atom. The van der Waals surface area contributed by atoms with E-state index < -0.39 is 10.1 Å². The van der Waals surface area contributed by atoms with Crippen molar-refractivity contribution < 1.29 is 12.6 Å². The zero-order valence-electron chi connectivity index (χ0n) is 9.47. The van der Waals surface area contributed by atoms with Crippen LogP contribution in [-0.2, 0) is 14.3 Å². The third-order valence-corrected chi connectivity index (χ3v) is 3.75. The summed E-state index contributed by atoms with van der Waals surface area (Å²) in [6.45, 7) is 0. The van der Waals surface area contributed by atoms with Gasteiger partial charge in [-0.15, -0.1) is 0 Å². The molecule has 1 saturated carbocycles. The van der Waals surface area contributed by atoms with E-state index in [1.165, 1.54) is 0 Å². The highest BCUT2D eigenvalue weighted by atomic mass is 35.5. The summed E-state index contributed by atoms with van der Waals surface area (Å²) in [5.74, 6) is 0.0921. The van der Waals surface area contributed by atoms with E-state index in [0.29, 0.717) is 5.15 Å². The van der Waals surface area contributed by atoms with Crippen molar-refractivity contribution in [2.45, 2.75) is 31.3 Å². The summed E-state index contributed by atoms with van der Waals surface area (Å²) in [6, 6.07) is 3.59. The molecule has 1 aliphatic carbocycles. The summed E-state index contributed by atoms with van der Waals surface area (Å²) in [5, 5.41) is 0.437. The van der Waals surface area contributed by atoms with Crippen LogP contribution in [0.4, 0.5) is 0 Å². The number of rotatable bonds is 3. The predicted molar refractivity (Wildman–Crippen MR) is 65.6 cm³/mol. The van der Waals surface area contributed by atoms with Gasteiger partial charge in [-0.2, -0.15) is 8.42 Å². The third kappa shape index (κ3) is 3.40. The Bertz CT molecular complexity index is 486. The molecule has 1 unspecified atom stereocenters. The van der Waals surface area contributed by atoms with Gasteiger partial charge in [0.2, 0.25) is 0 Å². The largest absolute Gasteiger partial charge is 0.266 e. The molecule has 0 aromatic carbocycles. The highest BCUT2D eigenvalue weighted by molar-refractivity contribution is 7.86. The number of hydrogen-bond acceptors (Lipinski definition) is 4. The van der Waals surface area contributed by atoms with Gasteiger partial charge in [0.15, 0.2) is 0 Å². The predicted octanol–water partition coefficient (Wildman–Crippen LogP) is 2.35. The maximum absolute atomic E-state index is 11.2. The molecule has 1 aromatic heterocycles. The average Bonchev–Trinajstić information content (AvgIpc) is 2.64. The molecule has 1 aliphatic rings. The number of aromatic nitrogens is 1. The van der Waals surface area contributed by atoms with Crippen molar-refractivity contribution in [3.8, 4) is 0 Å². The van der Waals surface area contributed by atoms with Gasteiger partial charge in [0.05, 0.1) is 12.4 Å². The van der Waals surface area contributed by atoms with E-state index in [2.05, 4.69) is 4.98 Å². The third-order valence-electron chi connectivity index (χ3n) is 2.93. The Labute approximate surface area is 106 Å².